The fraction of sp³-hybridized carbons (Fsp3) is 0.353. The Bertz CT molecular complexity index is 574. The van der Waals surface area contributed by atoms with Crippen LogP contribution in [0.15, 0.2) is 47.8 Å². The van der Waals surface area contributed by atoms with Crippen LogP contribution in [0, 0.1) is 0 Å². The molecule has 1 aliphatic heterocycles. The summed E-state index contributed by atoms with van der Waals surface area (Å²) in [6.07, 6.45) is 1.71. The maximum absolute atomic E-state index is 12.9. The van der Waals surface area contributed by atoms with Crippen LogP contribution in [-0.4, -0.2) is 19.0 Å². The molecular formula is C17H20N2OS. The van der Waals surface area contributed by atoms with E-state index in [1.54, 1.807) is 11.3 Å². The fourth-order valence-corrected chi connectivity index (χ4v) is 3.65. The van der Waals surface area contributed by atoms with Gasteiger partial charge in [0.25, 0.3) is 0 Å². The lowest BCUT2D eigenvalue weighted by molar-refractivity contribution is -0.128. The molecule has 1 aromatic heterocycles. The molecule has 110 valence electrons. The van der Waals surface area contributed by atoms with Gasteiger partial charge in [0.1, 0.15) is 0 Å². The van der Waals surface area contributed by atoms with E-state index in [-0.39, 0.29) is 11.3 Å². The average Bonchev–Trinajstić information content (AvgIpc) is 3.07. The van der Waals surface area contributed by atoms with Gasteiger partial charge in [0.2, 0.25) is 5.91 Å². The summed E-state index contributed by atoms with van der Waals surface area (Å²) in [4.78, 5) is 14.1. The summed E-state index contributed by atoms with van der Waals surface area (Å²) >= 11 is 1.68. The van der Waals surface area contributed by atoms with E-state index in [1.807, 2.05) is 29.6 Å². The van der Waals surface area contributed by atoms with Gasteiger partial charge in [-0.1, -0.05) is 36.4 Å². The third-order valence-corrected chi connectivity index (χ3v) is 5.10. The molecule has 1 aromatic carbocycles. The molecule has 1 saturated heterocycles. The first-order valence-electron chi connectivity index (χ1n) is 7.38. The van der Waals surface area contributed by atoms with Gasteiger partial charge < -0.3 is 10.6 Å². The van der Waals surface area contributed by atoms with Crippen molar-refractivity contribution >= 4 is 17.2 Å². The van der Waals surface area contributed by atoms with E-state index in [0.717, 1.165) is 31.5 Å². The van der Waals surface area contributed by atoms with E-state index >= 15 is 0 Å². The van der Waals surface area contributed by atoms with Crippen LogP contribution in [0.3, 0.4) is 0 Å². The van der Waals surface area contributed by atoms with Crippen molar-refractivity contribution in [2.45, 2.75) is 24.8 Å². The van der Waals surface area contributed by atoms with E-state index < -0.39 is 0 Å². The van der Waals surface area contributed by atoms with Crippen molar-refractivity contribution in [3.63, 3.8) is 0 Å². The Kier molecular flexibility index (Phi) is 4.36. The second-order valence-electron chi connectivity index (χ2n) is 5.46. The van der Waals surface area contributed by atoms with Crippen molar-refractivity contribution in [1.82, 2.24) is 10.6 Å². The number of thiophene rings is 1. The second-order valence-corrected chi connectivity index (χ2v) is 6.49. The van der Waals surface area contributed by atoms with Gasteiger partial charge in [0, 0.05) is 4.88 Å². The highest BCUT2D eigenvalue weighted by molar-refractivity contribution is 7.09. The van der Waals surface area contributed by atoms with Gasteiger partial charge in [0.15, 0.2) is 0 Å². The first-order chi connectivity index (χ1) is 10.3. The minimum absolute atomic E-state index is 0.156. The maximum Gasteiger partial charge on any atom is 0.231 e. The lowest BCUT2D eigenvalue weighted by Crippen LogP contribution is -2.50. The van der Waals surface area contributed by atoms with Crippen LogP contribution in [0.2, 0.25) is 0 Å². The van der Waals surface area contributed by atoms with Gasteiger partial charge in [-0.3, -0.25) is 4.79 Å². The molecule has 0 radical (unpaired) electrons. The number of amides is 1. The second kappa shape index (κ2) is 6.41. The molecule has 3 rings (SSSR count). The molecule has 21 heavy (non-hydrogen) atoms. The Morgan fingerprint density at radius 1 is 1.14 bits per heavy atom. The molecular weight excluding hydrogens is 280 g/mol. The molecule has 0 bridgehead atoms. The van der Waals surface area contributed by atoms with E-state index in [1.165, 1.54) is 4.88 Å². The Morgan fingerprint density at radius 3 is 2.57 bits per heavy atom. The number of carbonyl (C=O) groups excluding carboxylic acids is 1. The minimum Gasteiger partial charge on any atom is -0.350 e. The predicted molar refractivity (Wildman–Crippen MR) is 86.4 cm³/mol. The topological polar surface area (TPSA) is 41.1 Å². The number of carbonyl (C=O) groups is 1. The van der Waals surface area contributed by atoms with Crippen LogP contribution < -0.4 is 10.6 Å². The standard InChI is InChI=1S/C17H20N2OS/c20-16(19-13-15-7-4-12-21-15)17(8-10-18-11-9-17)14-5-2-1-3-6-14/h1-7,12,18H,8-11,13H2,(H,19,20). The molecule has 2 heterocycles. The van der Waals surface area contributed by atoms with Crippen molar-refractivity contribution in [3.8, 4) is 0 Å². The van der Waals surface area contributed by atoms with Gasteiger partial charge >= 0.3 is 0 Å². The Balaban J connectivity index is 1.80. The molecule has 2 N–H and O–H groups in total. The number of piperidine rings is 1. The number of hydrogen-bond donors (Lipinski definition) is 2. The van der Waals surface area contributed by atoms with Crippen molar-refractivity contribution in [2.75, 3.05) is 13.1 Å². The summed E-state index contributed by atoms with van der Waals surface area (Å²) in [7, 11) is 0. The zero-order valence-corrected chi connectivity index (χ0v) is 12.8. The number of rotatable bonds is 4. The van der Waals surface area contributed by atoms with Crippen LogP contribution >= 0.6 is 11.3 Å². The first kappa shape index (κ1) is 14.3. The highest BCUT2D eigenvalue weighted by Gasteiger charge is 2.40. The molecule has 0 unspecified atom stereocenters. The Labute approximate surface area is 129 Å². The highest BCUT2D eigenvalue weighted by atomic mass is 32.1. The summed E-state index contributed by atoms with van der Waals surface area (Å²) in [5.74, 6) is 0.156. The number of hydrogen-bond acceptors (Lipinski definition) is 3. The lowest BCUT2D eigenvalue weighted by atomic mass is 9.72. The van der Waals surface area contributed by atoms with Crippen molar-refractivity contribution in [3.05, 3.63) is 58.3 Å². The SMILES string of the molecule is O=C(NCc1cccs1)C1(c2ccccc2)CCNCC1. The van der Waals surface area contributed by atoms with E-state index in [4.69, 9.17) is 0 Å². The van der Waals surface area contributed by atoms with E-state index in [9.17, 15) is 4.79 Å². The zero-order chi connectivity index (χ0) is 14.5. The molecule has 0 spiro atoms. The summed E-state index contributed by atoms with van der Waals surface area (Å²) in [5.41, 5.74) is 0.749. The smallest absolute Gasteiger partial charge is 0.231 e. The third kappa shape index (κ3) is 3.01. The van der Waals surface area contributed by atoms with Crippen molar-refractivity contribution in [2.24, 2.45) is 0 Å². The summed E-state index contributed by atoms with van der Waals surface area (Å²) in [6, 6.07) is 14.3. The first-order valence-corrected chi connectivity index (χ1v) is 8.26. The molecule has 0 aliphatic carbocycles. The van der Waals surface area contributed by atoms with Crippen LogP contribution in [-0.2, 0) is 16.8 Å². The van der Waals surface area contributed by atoms with Crippen molar-refractivity contribution < 1.29 is 4.79 Å². The molecule has 1 fully saturated rings. The molecule has 0 saturated carbocycles. The van der Waals surface area contributed by atoms with Gasteiger partial charge in [-0.15, -0.1) is 11.3 Å². The Morgan fingerprint density at radius 2 is 1.90 bits per heavy atom. The van der Waals surface area contributed by atoms with Gasteiger partial charge in [0.05, 0.1) is 12.0 Å². The third-order valence-electron chi connectivity index (χ3n) is 4.22. The monoisotopic (exact) mass is 300 g/mol. The van der Waals surface area contributed by atoms with Crippen LogP contribution in [0.4, 0.5) is 0 Å². The average molecular weight is 300 g/mol. The normalized spacial score (nSPS) is 17.3. The fourth-order valence-electron chi connectivity index (χ4n) is 3.01. The van der Waals surface area contributed by atoms with Crippen molar-refractivity contribution in [1.29, 1.82) is 0 Å². The number of nitrogens with one attached hydrogen (secondary N) is 2. The van der Waals surface area contributed by atoms with Gasteiger partial charge in [-0.2, -0.15) is 0 Å². The maximum atomic E-state index is 12.9. The zero-order valence-electron chi connectivity index (χ0n) is 12.0. The van der Waals surface area contributed by atoms with Crippen LogP contribution in [0.5, 0.6) is 0 Å². The minimum atomic E-state index is -0.385. The number of benzene rings is 1. The summed E-state index contributed by atoms with van der Waals surface area (Å²) in [5, 5.41) is 8.53. The van der Waals surface area contributed by atoms with Crippen LogP contribution in [0.25, 0.3) is 0 Å². The lowest BCUT2D eigenvalue weighted by Gasteiger charge is -2.36. The quantitative estimate of drug-likeness (QED) is 0.911. The van der Waals surface area contributed by atoms with E-state index in [0.29, 0.717) is 6.54 Å². The summed E-state index contributed by atoms with van der Waals surface area (Å²) < 4.78 is 0. The highest BCUT2D eigenvalue weighted by Crippen LogP contribution is 2.33. The Hall–Kier alpha value is -1.65. The molecule has 1 amide bonds. The predicted octanol–water partition coefficient (Wildman–Crippen LogP) is 2.69. The molecule has 4 heteroatoms. The molecule has 0 atom stereocenters. The van der Waals surface area contributed by atoms with Gasteiger partial charge in [-0.25, -0.2) is 0 Å². The summed E-state index contributed by atoms with van der Waals surface area (Å²) in [6.45, 7) is 2.40. The molecule has 2 aromatic rings. The molecule has 1 aliphatic rings. The van der Waals surface area contributed by atoms with Gasteiger partial charge in [-0.05, 0) is 42.9 Å². The van der Waals surface area contributed by atoms with E-state index in [2.05, 4.69) is 28.8 Å². The molecule has 3 nitrogen and oxygen atoms in total. The van der Waals surface area contributed by atoms with Crippen LogP contribution in [0.1, 0.15) is 23.3 Å². The largest absolute Gasteiger partial charge is 0.350 e.